The monoisotopic (exact) mass is 362 g/mol. The number of benzene rings is 2. The molecule has 5 heteroatoms. The first-order valence-electron chi connectivity index (χ1n) is 9.05. The van der Waals surface area contributed by atoms with E-state index >= 15 is 0 Å². The minimum atomic E-state index is -0.896. The van der Waals surface area contributed by atoms with Gasteiger partial charge in [-0.05, 0) is 38.5 Å². The summed E-state index contributed by atoms with van der Waals surface area (Å²) >= 11 is 0. The van der Waals surface area contributed by atoms with E-state index in [-0.39, 0.29) is 5.91 Å². The van der Waals surface area contributed by atoms with Crippen LogP contribution in [0.3, 0.4) is 0 Å². The third-order valence-corrected chi connectivity index (χ3v) is 4.71. The van der Waals surface area contributed by atoms with E-state index in [1.165, 1.54) is 5.56 Å². The van der Waals surface area contributed by atoms with Crippen LogP contribution in [0.1, 0.15) is 29.6 Å². The summed E-state index contributed by atoms with van der Waals surface area (Å²) in [4.78, 5) is 22.7. The number of carbonyl (C=O) groups excluding carboxylic acids is 1. The molecule has 0 fully saturated rings. The maximum Gasteiger partial charge on any atom is 0.252 e. The number of hydrogen-bond donors (Lipinski definition) is 2. The van der Waals surface area contributed by atoms with Gasteiger partial charge in [0.25, 0.3) is 5.91 Å². The number of nitrogens with zero attached hydrogens (tertiary/aromatic N) is 2. The zero-order valence-electron chi connectivity index (χ0n) is 16.3. The molecule has 1 aromatic heterocycles. The first kappa shape index (κ1) is 18.7. The number of carbonyl (C=O) groups is 1. The summed E-state index contributed by atoms with van der Waals surface area (Å²) < 4.78 is 0. The Labute approximate surface area is 160 Å². The molecular weight excluding hydrogens is 336 g/mol. The summed E-state index contributed by atoms with van der Waals surface area (Å²) in [6.45, 7) is 6.34. The summed E-state index contributed by atoms with van der Waals surface area (Å²) in [7, 11) is 1.80. The first-order valence-corrected chi connectivity index (χ1v) is 9.05. The number of aromatic amines is 1. The molecule has 0 radical (unpaired) electrons. The second-order valence-corrected chi connectivity index (χ2v) is 7.16. The Kier molecular flexibility index (Phi) is 5.31. The molecule has 0 spiro atoms. The summed E-state index contributed by atoms with van der Waals surface area (Å²) in [6.07, 6.45) is 1.77. The van der Waals surface area contributed by atoms with E-state index < -0.39 is 5.54 Å². The van der Waals surface area contributed by atoms with Crippen LogP contribution in [0.4, 0.5) is 5.69 Å². The lowest BCUT2D eigenvalue weighted by molar-refractivity contribution is -0.135. The van der Waals surface area contributed by atoms with Gasteiger partial charge in [0, 0.05) is 24.6 Å². The van der Waals surface area contributed by atoms with Gasteiger partial charge in [0.1, 0.15) is 11.4 Å². The third kappa shape index (κ3) is 4.19. The molecule has 0 unspecified atom stereocenters. The van der Waals surface area contributed by atoms with Crippen LogP contribution in [0, 0.1) is 13.8 Å². The van der Waals surface area contributed by atoms with E-state index in [4.69, 9.17) is 0 Å². The predicted molar refractivity (Wildman–Crippen MR) is 108 cm³/mol. The van der Waals surface area contributed by atoms with Crippen molar-refractivity contribution in [3.05, 3.63) is 83.4 Å². The summed E-state index contributed by atoms with van der Waals surface area (Å²) in [5.74, 6) is 0.748. The Morgan fingerprint density at radius 3 is 2.37 bits per heavy atom. The lowest BCUT2D eigenvalue weighted by Crippen LogP contribution is -2.48. The zero-order chi connectivity index (χ0) is 19.4. The Morgan fingerprint density at radius 1 is 1.11 bits per heavy atom. The molecule has 0 aliphatic heterocycles. The molecule has 0 bridgehead atoms. The van der Waals surface area contributed by atoms with E-state index in [1.54, 1.807) is 18.1 Å². The Balaban J connectivity index is 1.90. The predicted octanol–water partition coefficient (Wildman–Crippen LogP) is 4.01. The second-order valence-electron chi connectivity index (χ2n) is 7.16. The quantitative estimate of drug-likeness (QED) is 0.696. The summed E-state index contributed by atoms with van der Waals surface area (Å²) in [5.41, 5.74) is 3.08. The number of rotatable bonds is 6. The van der Waals surface area contributed by atoms with Crippen molar-refractivity contribution in [1.82, 2.24) is 14.9 Å². The van der Waals surface area contributed by atoms with Crippen LogP contribution in [-0.4, -0.2) is 27.8 Å². The third-order valence-electron chi connectivity index (χ3n) is 4.71. The Morgan fingerprint density at radius 2 is 1.78 bits per heavy atom. The minimum absolute atomic E-state index is 0.0247. The van der Waals surface area contributed by atoms with Gasteiger partial charge in [-0.1, -0.05) is 48.0 Å². The average molecular weight is 362 g/mol. The number of likely N-dealkylation sites (N-methyl/N-ethyl adjacent to an activating group) is 1. The van der Waals surface area contributed by atoms with E-state index in [0.29, 0.717) is 6.54 Å². The fourth-order valence-corrected chi connectivity index (χ4v) is 3.17. The lowest BCUT2D eigenvalue weighted by atomic mass is 9.89. The van der Waals surface area contributed by atoms with Crippen molar-refractivity contribution in [1.29, 1.82) is 0 Å². The number of aromatic nitrogens is 2. The molecule has 1 atom stereocenters. The van der Waals surface area contributed by atoms with Crippen molar-refractivity contribution < 1.29 is 4.79 Å². The van der Waals surface area contributed by atoms with Crippen LogP contribution in [0.2, 0.25) is 0 Å². The summed E-state index contributed by atoms with van der Waals surface area (Å²) in [6, 6.07) is 17.9. The van der Waals surface area contributed by atoms with Gasteiger partial charge in [-0.15, -0.1) is 0 Å². The van der Waals surface area contributed by atoms with E-state index in [1.807, 2.05) is 75.4 Å². The topological polar surface area (TPSA) is 61.0 Å². The number of imidazole rings is 1. The molecule has 0 aliphatic carbocycles. The molecule has 1 amide bonds. The molecule has 27 heavy (non-hydrogen) atoms. The van der Waals surface area contributed by atoms with Crippen molar-refractivity contribution in [3.8, 4) is 0 Å². The van der Waals surface area contributed by atoms with Crippen molar-refractivity contribution in [3.63, 3.8) is 0 Å². The Hall–Kier alpha value is -3.08. The van der Waals surface area contributed by atoms with Crippen LogP contribution in [0.5, 0.6) is 0 Å². The highest BCUT2D eigenvalue weighted by atomic mass is 16.2. The molecule has 1 heterocycles. The fraction of sp³-hybridized carbons (Fsp3) is 0.273. The van der Waals surface area contributed by atoms with Crippen LogP contribution >= 0.6 is 0 Å². The molecule has 3 aromatic rings. The molecule has 2 N–H and O–H groups in total. The number of nitrogens with one attached hydrogen (secondary N) is 2. The van der Waals surface area contributed by atoms with Crippen LogP contribution < -0.4 is 5.32 Å². The Bertz CT molecular complexity index is 902. The van der Waals surface area contributed by atoms with Crippen molar-refractivity contribution in [2.24, 2.45) is 0 Å². The number of amides is 1. The molecule has 2 aromatic carbocycles. The molecule has 5 nitrogen and oxygen atoms in total. The minimum Gasteiger partial charge on any atom is -0.368 e. The fourth-order valence-electron chi connectivity index (χ4n) is 3.17. The van der Waals surface area contributed by atoms with Gasteiger partial charge in [0.05, 0.1) is 6.54 Å². The number of hydrogen-bond acceptors (Lipinski definition) is 3. The average Bonchev–Trinajstić information content (AvgIpc) is 3.08. The highest BCUT2D eigenvalue weighted by Gasteiger charge is 2.37. The van der Waals surface area contributed by atoms with Gasteiger partial charge in [-0.25, -0.2) is 4.98 Å². The maximum absolute atomic E-state index is 13.5. The van der Waals surface area contributed by atoms with Gasteiger partial charge < -0.3 is 15.2 Å². The van der Waals surface area contributed by atoms with Gasteiger partial charge >= 0.3 is 0 Å². The number of anilines is 1. The van der Waals surface area contributed by atoms with E-state index in [2.05, 4.69) is 15.3 Å². The number of H-pyrrole nitrogens is 1. The summed E-state index contributed by atoms with van der Waals surface area (Å²) in [5, 5.41) is 3.45. The molecule has 140 valence electrons. The highest BCUT2D eigenvalue weighted by Crippen LogP contribution is 2.29. The van der Waals surface area contributed by atoms with Crippen molar-refractivity contribution in [2.45, 2.75) is 32.9 Å². The van der Waals surface area contributed by atoms with Crippen molar-refractivity contribution in [2.75, 3.05) is 12.4 Å². The highest BCUT2D eigenvalue weighted by molar-refractivity contribution is 5.90. The first-order chi connectivity index (χ1) is 12.9. The molecule has 0 saturated carbocycles. The molecular formula is C22H26N4O. The maximum atomic E-state index is 13.5. The molecule has 0 saturated heterocycles. The SMILES string of the molecule is Cc1ccc(N[C@@](C)(C(=O)N(C)Cc2ncc(C)[nH]2)c2ccccc2)cc1. The van der Waals surface area contributed by atoms with Gasteiger partial charge in [0.15, 0.2) is 0 Å². The van der Waals surface area contributed by atoms with Gasteiger partial charge in [-0.2, -0.15) is 0 Å². The lowest BCUT2D eigenvalue weighted by Gasteiger charge is -2.34. The molecule has 0 aliphatic rings. The second kappa shape index (κ2) is 7.66. The van der Waals surface area contributed by atoms with E-state index in [9.17, 15) is 4.79 Å². The normalized spacial score (nSPS) is 13.0. The number of aryl methyl sites for hydroxylation is 2. The van der Waals surface area contributed by atoms with Crippen molar-refractivity contribution >= 4 is 11.6 Å². The molecule has 3 rings (SSSR count). The van der Waals surface area contributed by atoms with Crippen LogP contribution in [0.15, 0.2) is 60.8 Å². The largest absolute Gasteiger partial charge is 0.368 e. The van der Waals surface area contributed by atoms with Crippen LogP contribution in [-0.2, 0) is 16.9 Å². The zero-order valence-corrected chi connectivity index (χ0v) is 16.3. The van der Waals surface area contributed by atoms with Gasteiger partial charge in [0.2, 0.25) is 0 Å². The standard InChI is InChI=1S/C22H26N4O/c1-16-10-12-19(13-11-16)25-22(3,18-8-6-5-7-9-18)21(27)26(4)15-20-23-14-17(2)24-20/h5-14,25H,15H2,1-4H3,(H,23,24)/t22-/m1/s1. The van der Waals surface area contributed by atoms with Crippen LogP contribution in [0.25, 0.3) is 0 Å². The van der Waals surface area contributed by atoms with Gasteiger partial charge in [-0.3, -0.25) is 4.79 Å². The van der Waals surface area contributed by atoms with E-state index in [0.717, 1.165) is 22.8 Å². The smallest absolute Gasteiger partial charge is 0.252 e.